The highest BCUT2D eigenvalue weighted by atomic mass is 31.1. The molecule has 2 atom stereocenters. The van der Waals surface area contributed by atoms with Gasteiger partial charge in [0.05, 0.1) is 12.6 Å². The number of hydrogen-bond donors (Lipinski definition) is 1. The summed E-state index contributed by atoms with van der Waals surface area (Å²) < 4.78 is 5.95. The Balaban J connectivity index is 1.50. The van der Waals surface area contributed by atoms with Crippen LogP contribution in [0, 0.1) is 0 Å². The standard InChI is InChI=1S/C50H65N2OP/c1-32-31-53-43(52-32)30-51-41-18-14-16-33-20-22-50(44(33)41)23-21-34-17-15-19-42(45(34)50)54(39-26-35(46(2,3)4)24-36(27-39)47(5,6)7)40-28-37(48(8,9)10)25-38(29-40)49(11,12)13/h14-19,24-29,32,51H,20-23,30-31H2,1-13H3/t32-,50+/m0/s1. The molecule has 0 saturated heterocycles. The third-order valence-corrected chi connectivity index (χ3v) is 14.6. The molecule has 1 spiro atoms. The van der Waals surface area contributed by atoms with Gasteiger partial charge in [-0.25, -0.2) is 4.99 Å². The van der Waals surface area contributed by atoms with Gasteiger partial charge in [0, 0.05) is 11.1 Å². The van der Waals surface area contributed by atoms with Gasteiger partial charge in [-0.15, -0.1) is 0 Å². The summed E-state index contributed by atoms with van der Waals surface area (Å²) in [4.78, 5) is 4.76. The van der Waals surface area contributed by atoms with E-state index >= 15 is 0 Å². The molecule has 4 aromatic carbocycles. The molecule has 54 heavy (non-hydrogen) atoms. The molecule has 2 aliphatic carbocycles. The van der Waals surface area contributed by atoms with Crippen LogP contribution < -0.4 is 21.2 Å². The number of aryl methyl sites for hydroxylation is 2. The summed E-state index contributed by atoms with van der Waals surface area (Å²) >= 11 is 0. The Hall–Kier alpha value is -3.42. The van der Waals surface area contributed by atoms with Gasteiger partial charge in [-0.2, -0.15) is 0 Å². The van der Waals surface area contributed by atoms with Crippen molar-refractivity contribution in [2.75, 3.05) is 18.5 Å². The van der Waals surface area contributed by atoms with E-state index in [9.17, 15) is 0 Å². The lowest BCUT2D eigenvalue weighted by molar-refractivity contribution is 0.320. The number of fused-ring (bicyclic) bond motifs is 4. The molecule has 286 valence electrons. The minimum atomic E-state index is -0.923. The second-order valence-electron chi connectivity index (χ2n) is 20.6. The monoisotopic (exact) mass is 740 g/mol. The Morgan fingerprint density at radius 2 is 1.11 bits per heavy atom. The first kappa shape index (κ1) is 38.8. The number of hydrogen-bond acceptors (Lipinski definition) is 3. The summed E-state index contributed by atoms with van der Waals surface area (Å²) in [6.45, 7) is 31.9. The number of nitrogens with zero attached hydrogens (tertiary/aromatic N) is 1. The number of ether oxygens (including phenoxy) is 1. The molecule has 0 fully saturated rings. The maximum Gasteiger partial charge on any atom is 0.203 e. The molecule has 0 bridgehead atoms. The van der Waals surface area contributed by atoms with Crippen LogP contribution in [0.4, 0.5) is 5.69 Å². The Kier molecular flexibility index (Phi) is 9.82. The minimum absolute atomic E-state index is 0.0246. The number of nitrogens with one attached hydrogen (secondary N) is 1. The SMILES string of the molecule is C[C@H]1COC(CNc2cccc3c2[C@@]2(CC3)CCc3cccc(P(c4cc(C(C)(C)C)cc(C(C)(C)C)c4)c4cc(C(C)(C)C)cc(C(C)(C)C)c4)c32)=N1. The molecule has 0 saturated carbocycles. The van der Waals surface area contributed by atoms with E-state index < -0.39 is 7.92 Å². The van der Waals surface area contributed by atoms with Crippen molar-refractivity contribution in [1.29, 1.82) is 0 Å². The van der Waals surface area contributed by atoms with Crippen LogP contribution in [0.3, 0.4) is 0 Å². The number of rotatable bonds is 6. The lowest BCUT2D eigenvalue weighted by Crippen LogP contribution is -2.34. The molecule has 4 aromatic rings. The van der Waals surface area contributed by atoms with Gasteiger partial charge in [0.15, 0.2) is 0 Å². The quantitative estimate of drug-likeness (QED) is 0.200. The smallest absolute Gasteiger partial charge is 0.203 e. The highest BCUT2D eigenvalue weighted by molar-refractivity contribution is 7.80. The van der Waals surface area contributed by atoms with Crippen molar-refractivity contribution >= 4 is 35.4 Å². The maximum atomic E-state index is 5.95. The van der Waals surface area contributed by atoms with Crippen LogP contribution in [0.2, 0.25) is 0 Å². The lowest BCUT2D eigenvalue weighted by Gasteiger charge is -2.35. The van der Waals surface area contributed by atoms with Crippen molar-refractivity contribution in [2.45, 2.75) is 149 Å². The first-order valence-corrected chi connectivity index (χ1v) is 21.8. The number of aliphatic imine (C=N–C) groups is 1. The van der Waals surface area contributed by atoms with Crippen LogP contribution in [0.1, 0.15) is 147 Å². The third kappa shape index (κ3) is 7.32. The Morgan fingerprint density at radius 1 is 0.648 bits per heavy atom. The largest absolute Gasteiger partial charge is 0.477 e. The molecule has 1 N–H and O–H groups in total. The van der Waals surface area contributed by atoms with Crippen LogP contribution in [-0.4, -0.2) is 25.1 Å². The molecule has 0 unspecified atom stereocenters. The van der Waals surface area contributed by atoms with Gasteiger partial charge in [0.1, 0.15) is 6.61 Å². The van der Waals surface area contributed by atoms with Gasteiger partial charge in [-0.05, 0) is 129 Å². The first-order chi connectivity index (χ1) is 25.1. The van der Waals surface area contributed by atoms with E-state index in [0.29, 0.717) is 13.2 Å². The Morgan fingerprint density at radius 3 is 1.56 bits per heavy atom. The van der Waals surface area contributed by atoms with Crippen LogP contribution >= 0.6 is 7.92 Å². The van der Waals surface area contributed by atoms with Gasteiger partial charge < -0.3 is 10.1 Å². The van der Waals surface area contributed by atoms with E-state index in [-0.39, 0.29) is 33.1 Å². The van der Waals surface area contributed by atoms with E-state index in [4.69, 9.17) is 9.73 Å². The number of benzene rings is 4. The van der Waals surface area contributed by atoms with Gasteiger partial charge in [0.2, 0.25) is 5.90 Å². The van der Waals surface area contributed by atoms with Gasteiger partial charge >= 0.3 is 0 Å². The van der Waals surface area contributed by atoms with Crippen molar-refractivity contribution < 1.29 is 4.74 Å². The zero-order valence-electron chi connectivity index (χ0n) is 35.6. The van der Waals surface area contributed by atoms with Gasteiger partial charge in [0.25, 0.3) is 0 Å². The molecule has 3 aliphatic rings. The highest BCUT2D eigenvalue weighted by Gasteiger charge is 2.48. The van der Waals surface area contributed by atoms with E-state index in [1.165, 1.54) is 60.5 Å². The van der Waals surface area contributed by atoms with Crippen LogP contribution in [0.25, 0.3) is 0 Å². The summed E-state index contributed by atoms with van der Waals surface area (Å²) in [6.07, 6.45) is 4.50. The van der Waals surface area contributed by atoms with E-state index in [2.05, 4.69) is 168 Å². The van der Waals surface area contributed by atoms with Crippen LogP contribution in [0.5, 0.6) is 0 Å². The molecule has 1 heterocycles. The fourth-order valence-electron chi connectivity index (χ4n) is 8.95. The highest BCUT2D eigenvalue weighted by Crippen LogP contribution is 2.56. The molecule has 1 aliphatic heterocycles. The summed E-state index contributed by atoms with van der Waals surface area (Å²) in [5, 5.41) is 8.33. The van der Waals surface area contributed by atoms with E-state index in [1.54, 1.807) is 5.56 Å². The first-order valence-electron chi connectivity index (χ1n) is 20.5. The summed E-state index contributed by atoms with van der Waals surface area (Å²) in [7, 11) is -0.923. The van der Waals surface area contributed by atoms with Crippen molar-refractivity contribution in [3.05, 3.63) is 117 Å². The summed E-state index contributed by atoms with van der Waals surface area (Å²) in [5.41, 5.74) is 13.1. The minimum Gasteiger partial charge on any atom is -0.477 e. The Bertz CT molecular complexity index is 1950. The molecule has 0 radical (unpaired) electrons. The van der Waals surface area contributed by atoms with Gasteiger partial charge in [-0.3, -0.25) is 0 Å². The zero-order chi connectivity index (χ0) is 39.0. The van der Waals surface area contributed by atoms with Crippen molar-refractivity contribution in [2.24, 2.45) is 4.99 Å². The molecular formula is C50H65N2OP. The van der Waals surface area contributed by atoms with Crippen molar-refractivity contribution in [3.8, 4) is 0 Å². The Labute approximate surface area is 328 Å². The normalized spacial score (nSPS) is 20.0. The summed E-state index contributed by atoms with van der Waals surface area (Å²) in [6, 6.07) is 29.8. The summed E-state index contributed by atoms with van der Waals surface area (Å²) in [5.74, 6) is 0.824. The molecule has 0 amide bonds. The second kappa shape index (κ2) is 13.7. The fourth-order valence-corrected chi connectivity index (χ4v) is 11.7. The van der Waals surface area contributed by atoms with Crippen molar-refractivity contribution in [1.82, 2.24) is 0 Å². The topological polar surface area (TPSA) is 33.6 Å². The molecule has 3 nitrogen and oxygen atoms in total. The maximum absolute atomic E-state index is 5.95. The average molecular weight is 741 g/mol. The third-order valence-electron chi connectivity index (χ3n) is 12.2. The van der Waals surface area contributed by atoms with Crippen LogP contribution in [0.15, 0.2) is 77.8 Å². The fraction of sp³-hybridized carbons (Fsp3) is 0.500. The van der Waals surface area contributed by atoms with Crippen molar-refractivity contribution in [3.63, 3.8) is 0 Å². The number of anilines is 1. The van der Waals surface area contributed by atoms with E-state index in [0.717, 1.165) is 31.6 Å². The predicted octanol–water partition coefficient (Wildman–Crippen LogP) is 11.0. The zero-order valence-corrected chi connectivity index (χ0v) is 36.4. The molecular weight excluding hydrogens is 676 g/mol. The molecule has 4 heteroatoms. The second-order valence-corrected chi connectivity index (χ2v) is 22.8. The van der Waals surface area contributed by atoms with Crippen LogP contribution in [-0.2, 0) is 44.7 Å². The average Bonchev–Trinajstić information content (AvgIpc) is 3.80. The van der Waals surface area contributed by atoms with E-state index in [1.807, 2.05) is 0 Å². The lowest BCUT2D eigenvalue weighted by atomic mass is 9.76. The molecule has 0 aromatic heterocycles. The molecule has 7 rings (SSSR count). The van der Waals surface area contributed by atoms with Gasteiger partial charge in [-0.1, -0.05) is 150 Å². The predicted molar refractivity (Wildman–Crippen MR) is 235 cm³/mol.